The third-order valence-electron chi connectivity index (χ3n) is 3.00. The lowest BCUT2D eigenvalue weighted by Crippen LogP contribution is -2.17. The molecule has 5 heteroatoms. The minimum Gasteiger partial charge on any atom is -0.366 e. The Labute approximate surface area is 104 Å². The van der Waals surface area contributed by atoms with Gasteiger partial charge >= 0.3 is 0 Å². The second-order valence-corrected chi connectivity index (χ2v) is 5.25. The van der Waals surface area contributed by atoms with Crippen LogP contribution in [0.5, 0.6) is 0 Å². The van der Waals surface area contributed by atoms with Gasteiger partial charge in [0.2, 0.25) is 5.95 Å². The average molecular weight is 285 g/mol. The number of rotatable bonds is 3. The van der Waals surface area contributed by atoms with Gasteiger partial charge in [0.1, 0.15) is 5.82 Å². The SMILES string of the molecule is CNc1ncc(Br)c(NC2CCC(C)C2)n1. The topological polar surface area (TPSA) is 49.8 Å². The summed E-state index contributed by atoms with van der Waals surface area (Å²) in [5.74, 6) is 2.36. The summed E-state index contributed by atoms with van der Waals surface area (Å²) in [4.78, 5) is 8.54. The molecule has 1 fully saturated rings. The summed E-state index contributed by atoms with van der Waals surface area (Å²) in [5, 5.41) is 6.42. The Bertz CT molecular complexity index is 369. The van der Waals surface area contributed by atoms with Gasteiger partial charge in [0.15, 0.2) is 0 Å². The maximum atomic E-state index is 4.40. The van der Waals surface area contributed by atoms with Crippen LogP contribution in [0.2, 0.25) is 0 Å². The van der Waals surface area contributed by atoms with Crippen molar-refractivity contribution in [3.8, 4) is 0 Å². The number of halogens is 1. The number of aromatic nitrogens is 2. The van der Waals surface area contributed by atoms with E-state index in [1.807, 2.05) is 7.05 Å². The summed E-state index contributed by atoms with van der Waals surface area (Å²) in [5.41, 5.74) is 0. The van der Waals surface area contributed by atoms with Crippen molar-refractivity contribution in [1.29, 1.82) is 0 Å². The zero-order valence-electron chi connectivity index (χ0n) is 9.63. The smallest absolute Gasteiger partial charge is 0.224 e. The maximum absolute atomic E-state index is 4.40. The number of hydrogen-bond donors (Lipinski definition) is 2. The molecule has 2 atom stereocenters. The van der Waals surface area contributed by atoms with Crippen molar-refractivity contribution >= 4 is 27.7 Å². The Hall–Kier alpha value is -0.840. The van der Waals surface area contributed by atoms with E-state index in [9.17, 15) is 0 Å². The summed E-state index contributed by atoms with van der Waals surface area (Å²) in [7, 11) is 1.82. The lowest BCUT2D eigenvalue weighted by atomic mass is 10.1. The zero-order valence-corrected chi connectivity index (χ0v) is 11.2. The van der Waals surface area contributed by atoms with Crippen LogP contribution in [-0.4, -0.2) is 23.1 Å². The minimum absolute atomic E-state index is 0.547. The van der Waals surface area contributed by atoms with Crippen molar-refractivity contribution in [2.75, 3.05) is 17.7 Å². The Morgan fingerprint density at radius 2 is 2.25 bits per heavy atom. The molecule has 1 aliphatic rings. The Morgan fingerprint density at radius 3 is 2.88 bits per heavy atom. The highest BCUT2D eigenvalue weighted by Crippen LogP contribution is 2.29. The first-order valence-corrected chi connectivity index (χ1v) is 6.45. The maximum Gasteiger partial charge on any atom is 0.224 e. The second-order valence-electron chi connectivity index (χ2n) is 4.40. The largest absolute Gasteiger partial charge is 0.366 e. The zero-order chi connectivity index (χ0) is 11.5. The molecule has 16 heavy (non-hydrogen) atoms. The van der Waals surface area contributed by atoms with E-state index in [-0.39, 0.29) is 0 Å². The predicted molar refractivity (Wildman–Crippen MR) is 69.7 cm³/mol. The number of anilines is 2. The molecule has 0 radical (unpaired) electrons. The Kier molecular flexibility index (Phi) is 3.63. The van der Waals surface area contributed by atoms with Crippen LogP contribution in [0.4, 0.5) is 11.8 Å². The Morgan fingerprint density at radius 1 is 1.44 bits per heavy atom. The van der Waals surface area contributed by atoms with Crippen LogP contribution in [0.1, 0.15) is 26.2 Å². The first kappa shape index (κ1) is 11.6. The van der Waals surface area contributed by atoms with E-state index in [2.05, 4.69) is 43.5 Å². The molecule has 2 N–H and O–H groups in total. The van der Waals surface area contributed by atoms with Crippen molar-refractivity contribution in [2.45, 2.75) is 32.2 Å². The quantitative estimate of drug-likeness (QED) is 0.896. The normalized spacial score (nSPS) is 24.4. The van der Waals surface area contributed by atoms with E-state index in [0.717, 1.165) is 16.2 Å². The molecule has 1 aromatic heterocycles. The highest BCUT2D eigenvalue weighted by molar-refractivity contribution is 9.10. The van der Waals surface area contributed by atoms with E-state index in [0.29, 0.717) is 12.0 Å². The van der Waals surface area contributed by atoms with Gasteiger partial charge in [-0.2, -0.15) is 4.98 Å². The van der Waals surface area contributed by atoms with Crippen molar-refractivity contribution in [3.05, 3.63) is 10.7 Å². The van der Waals surface area contributed by atoms with Crippen LogP contribution in [0.25, 0.3) is 0 Å². The lowest BCUT2D eigenvalue weighted by molar-refractivity contribution is 0.602. The molecule has 4 nitrogen and oxygen atoms in total. The fourth-order valence-electron chi connectivity index (χ4n) is 2.12. The van der Waals surface area contributed by atoms with Gasteiger partial charge in [-0.25, -0.2) is 4.98 Å². The van der Waals surface area contributed by atoms with Gasteiger partial charge in [-0.3, -0.25) is 0 Å². The molecule has 88 valence electrons. The summed E-state index contributed by atoms with van der Waals surface area (Å²) in [6.07, 6.45) is 5.54. The molecule has 0 aromatic carbocycles. The molecular weight excluding hydrogens is 268 g/mol. The van der Waals surface area contributed by atoms with Crippen molar-refractivity contribution < 1.29 is 0 Å². The summed E-state index contributed by atoms with van der Waals surface area (Å²) >= 11 is 3.47. The second kappa shape index (κ2) is 4.99. The summed E-state index contributed by atoms with van der Waals surface area (Å²) in [6, 6.07) is 0.547. The molecule has 0 saturated heterocycles. The van der Waals surface area contributed by atoms with E-state index in [4.69, 9.17) is 0 Å². The number of hydrogen-bond acceptors (Lipinski definition) is 4. The molecular formula is C11H17BrN4. The highest BCUT2D eigenvalue weighted by Gasteiger charge is 2.22. The standard InChI is InChI=1S/C11H17BrN4/c1-7-3-4-8(5-7)15-10-9(12)6-14-11(13-2)16-10/h6-8H,3-5H2,1-2H3,(H2,13,14,15,16). The van der Waals surface area contributed by atoms with Crippen LogP contribution in [-0.2, 0) is 0 Å². The molecule has 1 aromatic rings. The van der Waals surface area contributed by atoms with E-state index in [1.165, 1.54) is 19.3 Å². The minimum atomic E-state index is 0.547. The molecule has 1 aliphatic carbocycles. The monoisotopic (exact) mass is 284 g/mol. The Balaban J connectivity index is 2.08. The number of nitrogens with one attached hydrogen (secondary N) is 2. The van der Waals surface area contributed by atoms with E-state index >= 15 is 0 Å². The number of nitrogens with zero attached hydrogens (tertiary/aromatic N) is 2. The molecule has 0 amide bonds. The van der Waals surface area contributed by atoms with Gasteiger partial charge < -0.3 is 10.6 Å². The van der Waals surface area contributed by atoms with Crippen molar-refractivity contribution in [3.63, 3.8) is 0 Å². The molecule has 0 aliphatic heterocycles. The molecule has 2 unspecified atom stereocenters. The predicted octanol–water partition coefficient (Wildman–Crippen LogP) is 2.88. The van der Waals surface area contributed by atoms with E-state index in [1.54, 1.807) is 6.20 Å². The van der Waals surface area contributed by atoms with Crippen molar-refractivity contribution in [1.82, 2.24) is 9.97 Å². The van der Waals surface area contributed by atoms with Gasteiger partial charge in [-0.15, -0.1) is 0 Å². The van der Waals surface area contributed by atoms with E-state index < -0.39 is 0 Å². The third kappa shape index (κ3) is 2.64. The first-order chi connectivity index (χ1) is 7.69. The molecule has 0 spiro atoms. The molecule has 0 bridgehead atoms. The van der Waals surface area contributed by atoms with Crippen LogP contribution in [0.3, 0.4) is 0 Å². The van der Waals surface area contributed by atoms with Gasteiger partial charge in [0.05, 0.1) is 4.47 Å². The van der Waals surface area contributed by atoms with Crippen LogP contribution in [0.15, 0.2) is 10.7 Å². The first-order valence-electron chi connectivity index (χ1n) is 5.66. The van der Waals surface area contributed by atoms with Crippen molar-refractivity contribution in [2.24, 2.45) is 5.92 Å². The summed E-state index contributed by atoms with van der Waals surface area (Å²) in [6.45, 7) is 2.30. The molecule has 1 saturated carbocycles. The van der Waals surface area contributed by atoms with Gasteiger partial charge in [-0.05, 0) is 41.1 Å². The lowest BCUT2D eigenvalue weighted by Gasteiger charge is -2.14. The fraction of sp³-hybridized carbons (Fsp3) is 0.636. The van der Waals surface area contributed by atoms with Crippen LogP contribution in [0, 0.1) is 5.92 Å². The summed E-state index contributed by atoms with van der Waals surface area (Å²) < 4.78 is 0.922. The molecule has 2 rings (SSSR count). The fourth-order valence-corrected chi connectivity index (χ4v) is 2.43. The third-order valence-corrected chi connectivity index (χ3v) is 3.58. The van der Waals surface area contributed by atoms with Gasteiger partial charge in [-0.1, -0.05) is 6.92 Å². The van der Waals surface area contributed by atoms with Gasteiger partial charge in [0.25, 0.3) is 0 Å². The van der Waals surface area contributed by atoms with Crippen LogP contribution < -0.4 is 10.6 Å². The van der Waals surface area contributed by atoms with Crippen LogP contribution >= 0.6 is 15.9 Å². The molecule has 1 heterocycles. The average Bonchev–Trinajstić information content (AvgIpc) is 2.67. The van der Waals surface area contributed by atoms with Gasteiger partial charge in [0, 0.05) is 19.3 Å². The highest BCUT2D eigenvalue weighted by atomic mass is 79.9.